The molecule has 7 rings (SSSR count). The Morgan fingerprint density at radius 1 is 0.875 bits per heavy atom. The fourth-order valence-electron chi connectivity index (χ4n) is 12.2. The summed E-state index contributed by atoms with van der Waals surface area (Å²) in [4.78, 5) is 29.4. The van der Waals surface area contributed by atoms with Crippen LogP contribution in [0.3, 0.4) is 0 Å². The molecule has 0 spiro atoms. The van der Waals surface area contributed by atoms with Crippen molar-refractivity contribution in [2.75, 3.05) is 6.61 Å². The maximum Gasteiger partial charge on any atom is 0.229 e. The minimum atomic E-state index is -1.78. The third-order valence-corrected chi connectivity index (χ3v) is 15.3. The zero-order valence-electron chi connectivity index (χ0n) is 33.9. The summed E-state index contributed by atoms with van der Waals surface area (Å²) in [5.74, 6) is -1.63. The van der Waals surface area contributed by atoms with E-state index >= 15 is 0 Å². The molecule has 19 atom stereocenters. The summed E-state index contributed by atoms with van der Waals surface area (Å²) in [6.07, 6.45) is -8.40. The molecule has 4 aliphatic carbocycles. The van der Waals surface area contributed by atoms with Crippen LogP contribution in [0.25, 0.3) is 0 Å². The summed E-state index contributed by atoms with van der Waals surface area (Å²) in [5.41, 5.74) is -2.36. The second kappa shape index (κ2) is 14.0. The van der Waals surface area contributed by atoms with Gasteiger partial charge in [-0.1, -0.05) is 44.1 Å². The predicted octanol–water partition coefficient (Wildman–Crippen LogP) is 1.60. The molecule has 0 unspecified atom stereocenters. The molecule has 314 valence electrons. The fourth-order valence-corrected chi connectivity index (χ4v) is 12.2. The molecule has 0 bridgehead atoms. The van der Waals surface area contributed by atoms with Gasteiger partial charge in [-0.05, 0) is 77.2 Å². The van der Waals surface area contributed by atoms with Gasteiger partial charge in [0.25, 0.3) is 0 Å². The summed E-state index contributed by atoms with van der Waals surface area (Å²) >= 11 is 0. The summed E-state index contributed by atoms with van der Waals surface area (Å²) in [6.45, 7) is 16.5. The standard InChI is InChI=1S/C42H62O14/c1-18(2)12-20-14-41(8,51)34-24(53-20)15-39(6)26-11-10-21-22(42(26,9)27(44)16-40(34,39)7)13-23(35(50)38(21,4)5)54-37-33(31(48)29(46)25(17-43)55-37)56-36-32(49)30(47)28(45)19(3)52-36/h10,12-13,19-20,22,24-26,28-34,36-37,43,45-49,51H,11,14-17H2,1-9H3/t19-,20+,22-,24-,25+,26-,28-,29+,30+,31-,32+,33+,34+,36-,37+,39+,40-,41-,42+/m0/s1. The molecule has 5 fully saturated rings. The number of carbonyl (C=O) groups excluding carboxylic acids is 2. The largest absolute Gasteiger partial charge is 0.459 e. The van der Waals surface area contributed by atoms with Crippen molar-refractivity contribution in [2.24, 2.45) is 39.4 Å². The number of rotatable bonds is 6. The summed E-state index contributed by atoms with van der Waals surface area (Å²) < 4.78 is 30.5. The van der Waals surface area contributed by atoms with Crippen molar-refractivity contribution in [3.8, 4) is 0 Å². The fraction of sp³-hybridized carbons (Fsp3) is 0.810. The zero-order valence-corrected chi connectivity index (χ0v) is 33.9. The Labute approximate surface area is 328 Å². The molecule has 0 amide bonds. The molecular weight excluding hydrogens is 728 g/mol. The van der Waals surface area contributed by atoms with E-state index in [2.05, 4.69) is 26.0 Å². The Morgan fingerprint density at radius 3 is 2.20 bits per heavy atom. The van der Waals surface area contributed by atoms with Crippen molar-refractivity contribution in [1.82, 2.24) is 0 Å². The first-order valence-electron chi connectivity index (χ1n) is 20.1. The molecule has 0 radical (unpaired) electrons. The van der Waals surface area contributed by atoms with Crippen molar-refractivity contribution >= 4 is 11.6 Å². The molecule has 14 heteroatoms. The van der Waals surface area contributed by atoms with Gasteiger partial charge in [-0.25, -0.2) is 0 Å². The Morgan fingerprint density at radius 2 is 1.55 bits per heavy atom. The smallest absolute Gasteiger partial charge is 0.229 e. The van der Waals surface area contributed by atoms with E-state index in [4.69, 9.17) is 23.7 Å². The zero-order chi connectivity index (χ0) is 41.2. The van der Waals surface area contributed by atoms with Gasteiger partial charge in [0.2, 0.25) is 12.1 Å². The minimum Gasteiger partial charge on any atom is -0.459 e. The maximum absolute atomic E-state index is 15.0. The van der Waals surface area contributed by atoms with Gasteiger partial charge in [-0.2, -0.15) is 0 Å². The van der Waals surface area contributed by atoms with Crippen LogP contribution in [0.15, 0.2) is 35.1 Å². The van der Waals surface area contributed by atoms with Crippen LogP contribution in [-0.4, -0.2) is 133 Å². The van der Waals surface area contributed by atoms with Gasteiger partial charge in [0, 0.05) is 30.1 Å². The van der Waals surface area contributed by atoms with Crippen molar-refractivity contribution in [3.63, 3.8) is 0 Å². The lowest BCUT2D eigenvalue weighted by atomic mass is 9.39. The molecule has 0 aromatic rings. The molecule has 0 aromatic carbocycles. The molecule has 2 saturated carbocycles. The van der Waals surface area contributed by atoms with E-state index in [-0.39, 0.29) is 42.0 Å². The number of carbonyl (C=O) groups is 2. The number of allylic oxidation sites excluding steroid dienone is 5. The number of ketones is 2. The molecule has 3 saturated heterocycles. The molecule has 0 aromatic heterocycles. The van der Waals surface area contributed by atoms with Crippen molar-refractivity contribution in [2.45, 2.75) is 167 Å². The van der Waals surface area contributed by atoms with Crippen LogP contribution >= 0.6 is 0 Å². The van der Waals surface area contributed by atoms with E-state index < -0.39 is 107 Å². The van der Waals surface area contributed by atoms with Gasteiger partial charge < -0.3 is 59.4 Å². The number of aliphatic hydroxyl groups excluding tert-OH is 6. The van der Waals surface area contributed by atoms with Gasteiger partial charge >= 0.3 is 0 Å². The lowest BCUT2D eigenvalue weighted by Gasteiger charge is -2.64. The van der Waals surface area contributed by atoms with E-state index in [1.165, 1.54) is 6.92 Å². The number of aliphatic hydroxyl groups is 7. The van der Waals surface area contributed by atoms with Crippen LogP contribution in [-0.2, 0) is 33.3 Å². The molecule has 7 aliphatic rings. The number of hydrogen-bond acceptors (Lipinski definition) is 14. The Balaban J connectivity index is 1.24. The lowest BCUT2D eigenvalue weighted by Crippen LogP contribution is -2.65. The number of Topliss-reactive ketones (excluding diaryl/α,β-unsaturated/α-hetero) is 2. The average molecular weight is 791 g/mol. The van der Waals surface area contributed by atoms with Crippen LogP contribution in [0.5, 0.6) is 0 Å². The number of hydrogen-bond donors (Lipinski definition) is 7. The summed E-state index contributed by atoms with van der Waals surface area (Å²) in [7, 11) is 0. The number of ether oxygens (including phenoxy) is 5. The SMILES string of the molecule is CC(C)=C[C@@H]1C[C@](C)(O)[C@@H]2[C@H](C[C@]3(C)[C@@H]4CC=C5[C@H](C=C(O[C@@H]6O[C@H](CO)[C@@H](O)[C@H](O)[C@H]6O[C@@H]6O[C@@H](C)[C@H](O)[C@@H](O)[C@H]6O)C(=O)C5(C)C)[C@@]4(C)C(=O)C[C@@]23C)O1. The van der Waals surface area contributed by atoms with E-state index in [0.29, 0.717) is 19.3 Å². The average Bonchev–Trinajstić information content (AvgIpc) is 3.34. The van der Waals surface area contributed by atoms with Crippen molar-refractivity contribution in [1.29, 1.82) is 0 Å². The normalized spacial score (nSPS) is 52.5. The lowest BCUT2D eigenvalue weighted by molar-refractivity contribution is -0.360. The molecule has 3 aliphatic heterocycles. The van der Waals surface area contributed by atoms with Crippen molar-refractivity contribution < 1.29 is 69.0 Å². The summed E-state index contributed by atoms with van der Waals surface area (Å²) in [5, 5.41) is 75.6. The minimum absolute atomic E-state index is 0.0222. The Bertz CT molecular complexity index is 1680. The number of fused-ring (bicyclic) bond motifs is 7. The van der Waals surface area contributed by atoms with Crippen LogP contribution in [0.2, 0.25) is 0 Å². The van der Waals surface area contributed by atoms with E-state index in [1.54, 1.807) is 19.9 Å². The first kappa shape index (κ1) is 42.1. The van der Waals surface area contributed by atoms with Gasteiger partial charge in [0.1, 0.15) is 42.4 Å². The van der Waals surface area contributed by atoms with Crippen LogP contribution in [0, 0.1) is 39.4 Å². The van der Waals surface area contributed by atoms with Crippen LogP contribution in [0.1, 0.15) is 88.0 Å². The molecule has 56 heavy (non-hydrogen) atoms. The molecule has 3 heterocycles. The van der Waals surface area contributed by atoms with Gasteiger partial charge in [0.15, 0.2) is 18.2 Å². The van der Waals surface area contributed by atoms with Gasteiger partial charge in [0.05, 0.1) is 35.9 Å². The monoisotopic (exact) mass is 790 g/mol. The second-order valence-electron chi connectivity index (χ2n) is 19.4. The highest BCUT2D eigenvalue weighted by atomic mass is 16.8. The first-order valence-corrected chi connectivity index (χ1v) is 20.1. The van der Waals surface area contributed by atoms with E-state index in [0.717, 1.165) is 11.1 Å². The van der Waals surface area contributed by atoms with E-state index in [1.807, 2.05) is 27.7 Å². The van der Waals surface area contributed by atoms with E-state index in [9.17, 15) is 45.3 Å². The van der Waals surface area contributed by atoms with Gasteiger partial charge in [-0.15, -0.1) is 0 Å². The van der Waals surface area contributed by atoms with Gasteiger partial charge in [-0.3, -0.25) is 9.59 Å². The predicted molar refractivity (Wildman–Crippen MR) is 198 cm³/mol. The molecule has 14 nitrogen and oxygen atoms in total. The topological polar surface area (TPSA) is 222 Å². The third kappa shape index (κ3) is 6.07. The maximum atomic E-state index is 15.0. The first-order chi connectivity index (χ1) is 25.9. The third-order valence-electron chi connectivity index (χ3n) is 15.3. The van der Waals surface area contributed by atoms with Crippen molar-refractivity contribution in [3.05, 3.63) is 35.1 Å². The summed E-state index contributed by atoms with van der Waals surface area (Å²) in [6, 6.07) is 0. The van der Waals surface area contributed by atoms with Crippen LogP contribution < -0.4 is 0 Å². The molecule has 7 N–H and O–H groups in total. The second-order valence-corrected chi connectivity index (χ2v) is 19.4. The highest BCUT2D eigenvalue weighted by Gasteiger charge is 2.75. The molecular formula is C42H62O14. The quantitative estimate of drug-likeness (QED) is 0.190. The highest BCUT2D eigenvalue weighted by Crippen LogP contribution is 2.75. The Hall–Kier alpha value is -2.08. The van der Waals surface area contributed by atoms with Crippen LogP contribution in [0.4, 0.5) is 0 Å². The highest BCUT2D eigenvalue weighted by molar-refractivity contribution is 6.02. The Kier molecular flexibility index (Phi) is 10.5.